The third kappa shape index (κ3) is 3.81. The Morgan fingerprint density at radius 3 is 2.45 bits per heavy atom. The lowest BCUT2D eigenvalue weighted by Gasteiger charge is -2.66. The van der Waals surface area contributed by atoms with Crippen LogP contribution in [0.2, 0.25) is 0 Å². The molecule has 5 nitrogen and oxygen atoms in total. The number of piperidine rings is 1. The number of aromatic nitrogens is 4. The summed E-state index contributed by atoms with van der Waals surface area (Å²) in [6.07, 6.45) is 4.28. The molecule has 3 aromatic carbocycles. The summed E-state index contributed by atoms with van der Waals surface area (Å²) in [5.74, 6) is 1.33. The fourth-order valence-electron chi connectivity index (χ4n) is 7.76. The van der Waals surface area contributed by atoms with Crippen molar-refractivity contribution in [3.8, 4) is 5.69 Å². The van der Waals surface area contributed by atoms with Gasteiger partial charge in [-0.3, -0.25) is 4.90 Å². The van der Waals surface area contributed by atoms with Gasteiger partial charge in [0.15, 0.2) is 0 Å². The third-order valence-corrected chi connectivity index (χ3v) is 9.62. The molecular weight excluding hydrogens is 504 g/mol. The highest BCUT2D eigenvalue weighted by atomic mass is 19.1. The van der Waals surface area contributed by atoms with Crippen LogP contribution in [0, 0.1) is 18.2 Å². The molecular formula is C33H33F2N5. The molecule has 2 bridgehead atoms. The summed E-state index contributed by atoms with van der Waals surface area (Å²) < 4.78 is 32.9. The Hall–Kier alpha value is -3.58. The van der Waals surface area contributed by atoms with Crippen LogP contribution < -0.4 is 0 Å². The molecule has 40 heavy (non-hydrogen) atoms. The van der Waals surface area contributed by atoms with Gasteiger partial charge in [0, 0.05) is 24.4 Å². The van der Waals surface area contributed by atoms with Crippen molar-refractivity contribution >= 4 is 21.9 Å². The second-order valence-corrected chi connectivity index (χ2v) is 12.6. The number of nitrogens with zero attached hydrogens (tertiary/aromatic N) is 5. The normalized spacial score (nSPS) is 24.9. The Kier molecular flexibility index (Phi) is 5.28. The summed E-state index contributed by atoms with van der Waals surface area (Å²) in [5.41, 5.74) is 5.06. The van der Waals surface area contributed by atoms with E-state index in [4.69, 9.17) is 4.98 Å². The van der Waals surface area contributed by atoms with Gasteiger partial charge in [0.2, 0.25) is 0 Å². The van der Waals surface area contributed by atoms with E-state index in [0.29, 0.717) is 30.9 Å². The zero-order chi connectivity index (χ0) is 27.1. The monoisotopic (exact) mass is 537 g/mol. The maximum absolute atomic E-state index is 14.5. The highest BCUT2D eigenvalue weighted by Gasteiger charge is 2.69. The van der Waals surface area contributed by atoms with Crippen molar-refractivity contribution in [2.45, 2.75) is 63.7 Å². The maximum atomic E-state index is 14.5. The smallest absolute Gasteiger partial charge is 0.148 e. The molecule has 3 heterocycles. The molecule has 4 fully saturated rings. The molecule has 0 spiro atoms. The second kappa shape index (κ2) is 8.71. The first kappa shape index (κ1) is 24.2. The van der Waals surface area contributed by atoms with Crippen molar-refractivity contribution in [3.63, 3.8) is 0 Å². The molecule has 0 radical (unpaired) electrons. The van der Waals surface area contributed by atoms with E-state index in [9.17, 15) is 8.78 Å². The van der Waals surface area contributed by atoms with Crippen molar-refractivity contribution in [1.82, 2.24) is 24.2 Å². The Morgan fingerprint density at radius 2 is 1.68 bits per heavy atom. The molecule has 0 N–H and O–H groups in total. The van der Waals surface area contributed by atoms with E-state index in [0.717, 1.165) is 61.1 Å². The summed E-state index contributed by atoms with van der Waals surface area (Å²) >= 11 is 0. The first-order valence-corrected chi connectivity index (χ1v) is 14.5. The lowest BCUT2D eigenvalue weighted by molar-refractivity contribution is -0.220. The van der Waals surface area contributed by atoms with E-state index in [1.54, 1.807) is 16.8 Å². The molecule has 1 aliphatic heterocycles. The number of para-hydroxylation sites is 3. The Labute approximate surface area is 232 Å². The molecule has 1 saturated heterocycles. The second-order valence-electron chi connectivity index (χ2n) is 12.6. The minimum absolute atomic E-state index is 0.143. The van der Waals surface area contributed by atoms with E-state index in [2.05, 4.69) is 57.0 Å². The van der Waals surface area contributed by atoms with Gasteiger partial charge >= 0.3 is 0 Å². The van der Waals surface area contributed by atoms with Crippen molar-refractivity contribution < 1.29 is 8.78 Å². The fourth-order valence-corrected chi connectivity index (χ4v) is 7.76. The number of alkyl halides is 1. The van der Waals surface area contributed by atoms with Gasteiger partial charge in [-0.15, -0.1) is 0 Å². The molecule has 3 saturated carbocycles. The molecule has 0 unspecified atom stereocenters. The van der Waals surface area contributed by atoms with Crippen LogP contribution in [0.15, 0.2) is 66.7 Å². The first-order valence-electron chi connectivity index (χ1n) is 14.5. The van der Waals surface area contributed by atoms with Gasteiger partial charge in [-0.05, 0) is 99.5 Å². The fraction of sp³-hybridized carbons (Fsp3) is 0.394. The predicted octanol–water partition coefficient (Wildman–Crippen LogP) is 7.09. The average molecular weight is 538 g/mol. The zero-order valence-corrected chi connectivity index (χ0v) is 22.8. The van der Waals surface area contributed by atoms with E-state index in [1.165, 1.54) is 23.0 Å². The van der Waals surface area contributed by atoms with Crippen LogP contribution in [0.3, 0.4) is 0 Å². The van der Waals surface area contributed by atoms with E-state index in [-0.39, 0.29) is 11.2 Å². The molecule has 7 heteroatoms. The number of likely N-dealkylation sites (tertiary alicyclic amines) is 1. The number of hydrogen-bond donors (Lipinski definition) is 0. The van der Waals surface area contributed by atoms with Gasteiger partial charge in [0.1, 0.15) is 23.0 Å². The van der Waals surface area contributed by atoms with Crippen LogP contribution >= 0.6 is 0 Å². The van der Waals surface area contributed by atoms with E-state index < -0.39 is 5.67 Å². The Balaban J connectivity index is 0.994. The van der Waals surface area contributed by atoms with Gasteiger partial charge < -0.3 is 4.57 Å². The Bertz CT molecular complexity index is 1740. The highest BCUT2D eigenvalue weighted by Crippen LogP contribution is 2.70. The van der Waals surface area contributed by atoms with Crippen LogP contribution in [0.25, 0.3) is 27.6 Å². The quantitative estimate of drug-likeness (QED) is 0.232. The number of benzene rings is 3. The summed E-state index contributed by atoms with van der Waals surface area (Å²) in [5, 5.41) is 5.72. The van der Waals surface area contributed by atoms with Crippen LogP contribution in [-0.2, 0) is 13.1 Å². The number of imidazole rings is 1. The third-order valence-electron chi connectivity index (χ3n) is 9.62. The number of fused-ring (bicyclic) bond motifs is 2. The summed E-state index contributed by atoms with van der Waals surface area (Å²) in [6, 6.07) is 21.6. The average Bonchev–Trinajstić information content (AvgIpc) is 3.45. The summed E-state index contributed by atoms with van der Waals surface area (Å²) in [7, 11) is 0. The van der Waals surface area contributed by atoms with Crippen molar-refractivity contribution in [2.75, 3.05) is 13.1 Å². The molecule has 4 aliphatic rings. The standard InChI is InChI=1S/C33H33F2N5/c1-22-25-16-23(10-11-28(25)40(37-22)29-8-4-2-6-26(29)34)17-38-14-12-24(13-15-38)31-36-27-7-3-5-9-30(27)39(31)21-32-18-33(35,19-32)20-32/h2-11,16,24H,12-15,17-21H2,1H3. The summed E-state index contributed by atoms with van der Waals surface area (Å²) in [4.78, 5) is 7.64. The summed E-state index contributed by atoms with van der Waals surface area (Å²) in [6.45, 7) is 5.79. The first-order chi connectivity index (χ1) is 19.4. The zero-order valence-electron chi connectivity index (χ0n) is 22.8. The van der Waals surface area contributed by atoms with Gasteiger partial charge in [-0.25, -0.2) is 18.4 Å². The van der Waals surface area contributed by atoms with Gasteiger partial charge in [-0.1, -0.05) is 30.3 Å². The van der Waals surface area contributed by atoms with Crippen molar-refractivity contribution in [2.24, 2.45) is 5.41 Å². The molecule has 204 valence electrons. The molecule has 0 amide bonds. The molecule has 9 rings (SSSR count). The minimum Gasteiger partial charge on any atom is -0.327 e. The van der Waals surface area contributed by atoms with Crippen LogP contribution in [0.1, 0.15) is 55.1 Å². The molecule has 2 aromatic heterocycles. The lowest BCUT2D eigenvalue weighted by atomic mass is 9.42. The number of aryl methyl sites for hydroxylation is 1. The van der Waals surface area contributed by atoms with E-state index in [1.807, 2.05) is 13.0 Å². The van der Waals surface area contributed by atoms with Crippen LogP contribution in [0.4, 0.5) is 8.78 Å². The predicted molar refractivity (Wildman–Crippen MR) is 153 cm³/mol. The van der Waals surface area contributed by atoms with Crippen molar-refractivity contribution in [3.05, 3.63) is 89.6 Å². The number of halogens is 2. The lowest BCUT2D eigenvalue weighted by Crippen LogP contribution is -2.65. The number of hydrogen-bond acceptors (Lipinski definition) is 3. The van der Waals surface area contributed by atoms with Gasteiger partial charge in [0.25, 0.3) is 0 Å². The minimum atomic E-state index is -0.875. The largest absolute Gasteiger partial charge is 0.327 e. The topological polar surface area (TPSA) is 38.9 Å². The number of rotatable bonds is 6. The van der Waals surface area contributed by atoms with Crippen LogP contribution in [0.5, 0.6) is 0 Å². The Morgan fingerprint density at radius 1 is 0.925 bits per heavy atom. The molecule has 3 aliphatic carbocycles. The SMILES string of the molecule is Cc1nn(-c2ccccc2F)c2ccc(CN3CCC(c4nc5ccccc5n4CC45CC(F)(C4)C5)CC3)cc12. The van der Waals surface area contributed by atoms with Gasteiger partial charge in [0.05, 0.1) is 22.2 Å². The van der Waals surface area contributed by atoms with Crippen LogP contribution in [-0.4, -0.2) is 43.0 Å². The van der Waals surface area contributed by atoms with Gasteiger partial charge in [-0.2, -0.15) is 5.10 Å². The van der Waals surface area contributed by atoms with Crippen molar-refractivity contribution in [1.29, 1.82) is 0 Å². The highest BCUT2D eigenvalue weighted by molar-refractivity contribution is 5.84. The molecule has 5 aromatic rings. The maximum Gasteiger partial charge on any atom is 0.148 e. The van der Waals surface area contributed by atoms with E-state index >= 15 is 0 Å². The molecule has 0 atom stereocenters.